The van der Waals surface area contributed by atoms with Gasteiger partial charge in [-0.1, -0.05) is 38.1 Å². The van der Waals surface area contributed by atoms with Crippen LogP contribution in [0.15, 0.2) is 30.3 Å². The zero-order valence-corrected chi connectivity index (χ0v) is 16.6. The SMILES string of the molecule is CCC(OCC1CO1)c1ccc2ccc(C(CC)OCC3CO3)c(C)c2c1. The minimum atomic E-state index is 0.117. The van der Waals surface area contributed by atoms with Crippen molar-refractivity contribution < 1.29 is 18.9 Å². The van der Waals surface area contributed by atoms with Crippen LogP contribution in [-0.2, 0) is 18.9 Å². The maximum atomic E-state index is 6.14. The molecule has 0 radical (unpaired) electrons. The van der Waals surface area contributed by atoms with Crippen LogP contribution in [0, 0.1) is 6.92 Å². The number of aryl methyl sites for hydroxylation is 1. The lowest BCUT2D eigenvalue weighted by atomic mass is 9.93. The quantitative estimate of drug-likeness (QED) is 0.559. The van der Waals surface area contributed by atoms with Crippen molar-refractivity contribution in [3.63, 3.8) is 0 Å². The highest BCUT2D eigenvalue weighted by atomic mass is 16.6. The summed E-state index contributed by atoms with van der Waals surface area (Å²) in [5.74, 6) is 0. The highest BCUT2D eigenvalue weighted by molar-refractivity contribution is 5.87. The van der Waals surface area contributed by atoms with Crippen LogP contribution in [0.3, 0.4) is 0 Å². The second-order valence-electron chi connectivity index (χ2n) is 7.63. The molecule has 4 rings (SSSR count). The number of ether oxygens (including phenoxy) is 4. The van der Waals surface area contributed by atoms with E-state index >= 15 is 0 Å². The maximum absolute atomic E-state index is 6.14. The maximum Gasteiger partial charge on any atom is 0.104 e. The topological polar surface area (TPSA) is 43.5 Å². The fourth-order valence-electron chi connectivity index (χ4n) is 3.71. The molecule has 2 aliphatic rings. The Morgan fingerprint density at radius 1 is 0.926 bits per heavy atom. The predicted molar refractivity (Wildman–Crippen MR) is 106 cm³/mol. The summed E-state index contributed by atoms with van der Waals surface area (Å²) >= 11 is 0. The van der Waals surface area contributed by atoms with Gasteiger partial charge in [-0.2, -0.15) is 0 Å². The first-order valence-electron chi connectivity index (χ1n) is 10.2. The van der Waals surface area contributed by atoms with Crippen molar-refractivity contribution in [1.82, 2.24) is 0 Å². The number of fused-ring (bicyclic) bond motifs is 1. The van der Waals surface area contributed by atoms with Gasteiger partial charge in [0, 0.05) is 0 Å². The van der Waals surface area contributed by atoms with Gasteiger partial charge in [0.1, 0.15) is 12.2 Å². The molecule has 0 saturated carbocycles. The highest BCUT2D eigenvalue weighted by Gasteiger charge is 2.26. The molecule has 0 aromatic heterocycles. The van der Waals surface area contributed by atoms with E-state index in [1.54, 1.807) is 0 Å². The Bertz CT molecular complexity index is 774. The van der Waals surface area contributed by atoms with Gasteiger partial charge in [-0.25, -0.2) is 0 Å². The summed E-state index contributed by atoms with van der Waals surface area (Å²) in [6, 6.07) is 11.1. The molecule has 4 heteroatoms. The number of benzene rings is 2. The molecular weight excluding hydrogens is 340 g/mol. The van der Waals surface area contributed by atoms with Crippen LogP contribution in [0.2, 0.25) is 0 Å². The van der Waals surface area contributed by atoms with Crippen molar-refractivity contribution in [3.05, 3.63) is 47.0 Å². The third-order valence-corrected chi connectivity index (χ3v) is 5.59. The van der Waals surface area contributed by atoms with Gasteiger partial charge < -0.3 is 18.9 Å². The van der Waals surface area contributed by atoms with E-state index in [4.69, 9.17) is 18.9 Å². The van der Waals surface area contributed by atoms with Crippen molar-refractivity contribution in [2.24, 2.45) is 0 Å². The fraction of sp³-hybridized carbons (Fsp3) is 0.565. The smallest absolute Gasteiger partial charge is 0.104 e. The zero-order valence-electron chi connectivity index (χ0n) is 16.6. The lowest BCUT2D eigenvalue weighted by molar-refractivity contribution is 0.0390. The molecule has 0 aliphatic carbocycles. The van der Waals surface area contributed by atoms with E-state index < -0.39 is 0 Å². The Kier molecular flexibility index (Phi) is 5.79. The Labute approximate surface area is 161 Å². The standard InChI is InChI=1S/C23H30O4/c1-4-22(26-13-18-11-24-18)17-7-6-16-8-9-20(15(3)21(16)10-17)23(5-2)27-14-19-12-25-19/h6-10,18-19,22-23H,4-5,11-14H2,1-3H3. The lowest BCUT2D eigenvalue weighted by Gasteiger charge is -2.21. The largest absolute Gasteiger partial charge is 0.371 e. The molecule has 2 heterocycles. The Hall–Kier alpha value is -1.46. The average Bonchev–Trinajstić information content (AvgIpc) is 3.59. The Morgan fingerprint density at radius 2 is 1.52 bits per heavy atom. The van der Waals surface area contributed by atoms with E-state index in [2.05, 4.69) is 51.1 Å². The van der Waals surface area contributed by atoms with E-state index in [1.165, 1.54) is 27.5 Å². The summed E-state index contributed by atoms with van der Waals surface area (Å²) in [6.45, 7) is 9.60. The van der Waals surface area contributed by atoms with Gasteiger partial charge in [0.15, 0.2) is 0 Å². The number of hydrogen-bond acceptors (Lipinski definition) is 4. The first-order valence-corrected chi connectivity index (χ1v) is 10.2. The molecule has 146 valence electrons. The monoisotopic (exact) mass is 370 g/mol. The van der Waals surface area contributed by atoms with Crippen molar-refractivity contribution >= 4 is 10.8 Å². The zero-order chi connectivity index (χ0) is 18.8. The molecule has 2 saturated heterocycles. The van der Waals surface area contributed by atoms with E-state index in [1.807, 2.05) is 0 Å². The minimum Gasteiger partial charge on any atom is -0.371 e. The molecule has 2 aliphatic heterocycles. The first-order chi connectivity index (χ1) is 13.2. The third kappa shape index (κ3) is 4.52. The summed E-state index contributed by atoms with van der Waals surface area (Å²) in [7, 11) is 0. The van der Waals surface area contributed by atoms with Crippen molar-refractivity contribution in [2.75, 3.05) is 26.4 Å². The van der Waals surface area contributed by atoms with Gasteiger partial charge >= 0.3 is 0 Å². The second-order valence-corrected chi connectivity index (χ2v) is 7.63. The lowest BCUT2D eigenvalue weighted by Crippen LogP contribution is -2.10. The number of epoxide rings is 2. The van der Waals surface area contributed by atoms with Gasteiger partial charge in [0.25, 0.3) is 0 Å². The molecule has 0 bridgehead atoms. The van der Waals surface area contributed by atoms with Crippen LogP contribution in [-0.4, -0.2) is 38.6 Å². The number of rotatable bonds is 10. The second kappa shape index (κ2) is 8.27. The van der Waals surface area contributed by atoms with Crippen LogP contribution in [0.1, 0.15) is 55.6 Å². The van der Waals surface area contributed by atoms with E-state index in [0.717, 1.165) is 26.1 Å². The van der Waals surface area contributed by atoms with Crippen LogP contribution in [0.25, 0.3) is 10.8 Å². The Balaban J connectivity index is 1.58. The van der Waals surface area contributed by atoms with Crippen LogP contribution >= 0.6 is 0 Å². The van der Waals surface area contributed by atoms with E-state index in [-0.39, 0.29) is 12.2 Å². The molecule has 2 fully saturated rings. The van der Waals surface area contributed by atoms with Gasteiger partial charge in [0.05, 0.1) is 38.6 Å². The molecular formula is C23H30O4. The summed E-state index contributed by atoms with van der Waals surface area (Å²) in [6.07, 6.45) is 2.74. The summed E-state index contributed by atoms with van der Waals surface area (Å²) in [5, 5.41) is 2.56. The minimum absolute atomic E-state index is 0.117. The molecule has 2 aromatic rings. The van der Waals surface area contributed by atoms with Crippen LogP contribution in [0.5, 0.6) is 0 Å². The Morgan fingerprint density at radius 3 is 2.11 bits per heavy atom. The summed E-state index contributed by atoms with van der Waals surface area (Å²) < 4.78 is 22.8. The first kappa shape index (κ1) is 18.9. The molecule has 4 atom stereocenters. The molecule has 4 unspecified atom stereocenters. The average molecular weight is 370 g/mol. The van der Waals surface area contributed by atoms with Gasteiger partial charge in [-0.3, -0.25) is 0 Å². The highest BCUT2D eigenvalue weighted by Crippen LogP contribution is 2.33. The number of hydrogen-bond donors (Lipinski definition) is 0. The molecule has 4 nitrogen and oxygen atoms in total. The molecule has 2 aromatic carbocycles. The fourth-order valence-corrected chi connectivity index (χ4v) is 3.71. The third-order valence-electron chi connectivity index (χ3n) is 5.59. The van der Waals surface area contributed by atoms with Gasteiger partial charge in [-0.05, 0) is 53.3 Å². The summed E-state index contributed by atoms with van der Waals surface area (Å²) in [5.41, 5.74) is 3.83. The molecule has 27 heavy (non-hydrogen) atoms. The van der Waals surface area contributed by atoms with Crippen LogP contribution < -0.4 is 0 Å². The van der Waals surface area contributed by atoms with Crippen molar-refractivity contribution in [2.45, 2.75) is 58.0 Å². The molecule has 0 spiro atoms. The molecule has 0 amide bonds. The van der Waals surface area contributed by atoms with Gasteiger partial charge in [-0.15, -0.1) is 0 Å². The molecule has 0 N–H and O–H groups in total. The van der Waals surface area contributed by atoms with Crippen LogP contribution in [0.4, 0.5) is 0 Å². The van der Waals surface area contributed by atoms with Gasteiger partial charge in [0.2, 0.25) is 0 Å². The summed E-state index contributed by atoms with van der Waals surface area (Å²) in [4.78, 5) is 0. The van der Waals surface area contributed by atoms with E-state index in [0.29, 0.717) is 25.4 Å². The van der Waals surface area contributed by atoms with Crippen molar-refractivity contribution in [3.8, 4) is 0 Å². The normalized spacial score (nSPS) is 23.4. The van der Waals surface area contributed by atoms with Crippen molar-refractivity contribution in [1.29, 1.82) is 0 Å². The van der Waals surface area contributed by atoms with E-state index in [9.17, 15) is 0 Å². The predicted octanol–water partition coefficient (Wildman–Crippen LogP) is 4.88.